The predicted octanol–water partition coefficient (Wildman–Crippen LogP) is 3.42. The highest BCUT2D eigenvalue weighted by Gasteiger charge is 1.98. The first kappa shape index (κ1) is 13.3. The van der Waals surface area contributed by atoms with Crippen LogP contribution in [-0.4, -0.2) is 11.1 Å². The van der Waals surface area contributed by atoms with Gasteiger partial charge in [-0.1, -0.05) is 26.7 Å². The van der Waals surface area contributed by atoms with Crippen LogP contribution in [0.2, 0.25) is 0 Å². The van der Waals surface area contributed by atoms with Crippen LogP contribution >= 0.6 is 0 Å². The first-order valence-corrected chi connectivity index (χ1v) is 6.58. The summed E-state index contributed by atoms with van der Waals surface area (Å²) >= 11 is 0. The molecule has 1 aromatic rings. The van der Waals surface area contributed by atoms with Crippen LogP contribution in [0.5, 0.6) is 0 Å². The molecular weight excluding hydrogens is 196 g/mol. The second kappa shape index (κ2) is 7.50. The van der Waals surface area contributed by atoms with Gasteiger partial charge < -0.3 is 9.88 Å². The molecule has 1 N–H and O–H groups in total. The van der Waals surface area contributed by atoms with E-state index in [1.165, 1.54) is 25.0 Å². The van der Waals surface area contributed by atoms with Crippen LogP contribution in [0.1, 0.15) is 45.7 Å². The third kappa shape index (κ3) is 4.84. The molecular formula is C14H26N2. The van der Waals surface area contributed by atoms with Gasteiger partial charge in [-0.15, -0.1) is 0 Å². The molecule has 0 amide bonds. The van der Waals surface area contributed by atoms with Gasteiger partial charge in [0.25, 0.3) is 0 Å². The summed E-state index contributed by atoms with van der Waals surface area (Å²) in [4.78, 5) is 0. The number of aromatic nitrogens is 1. The first-order valence-electron chi connectivity index (χ1n) is 6.58. The zero-order chi connectivity index (χ0) is 11.8. The minimum atomic E-state index is 0.845. The molecule has 2 nitrogen and oxygen atoms in total. The molecule has 0 atom stereocenters. The molecule has 2 heteroatoms. The van der Waals surface area contributed by atoms with Crippen molar-refractivity contribution in [3.8, 4) is 0 Å². The Labute approximate surface area is 100 Å². The topological polar surface area (TPSA) is 17.0 Å². The Hall–Kier alpha value is -0.760. The van der Waals surface area contributed by atoms with E-state index in [0.717, 1.165) is 25.6 Å². The maximum Gasteiger partial charge on any atom is 0.0359 e. The van der Waals surface area contributed by atoms with Crippen LogP contribution < -0.4 is 5.32 Å². The highest BCUT2D eigenvalue weighted by Crippen LogP contribution is 2.05. The molecule has 0 unspecified atom stereocenters. The van der Waals surface area contributed by atoms with Crippen molar-refractivity contribution in [2.75, 3.05) is 6.54 Å². The minimum Gasteiger partial charge on any atom is -0.351 e. The third-order valence-electron chi connectivity index (χ3n) is 2.96. The molecule has 0 aliphatic rings. The average Bonchev–Trinajstić information content (AvgIpc) is 2.70. The van der Waals surface area contributed by atoms with E-state index in [0.29, 0.717) is 0 Å². The number of nitrogens with one attached hydrogen (secondary N) is 1. The van der Waals surface area contributed by atoms with E-state index < -0.39 is 0 Å². The van der Waals surface area contributed by atoms with Crippen LogP contribution in [0.15, 0.2) is 18.3 Å². The molecule has 92 valence electrons. The molecule has 1 rings (SSSR count). The molecule has 0 aromatic carbocycles. The second-order valence-electron chi connectivity index (χ2n) is 4.85. The number of unbranched alkanes of at least 4 members (excludes halogenated alkanes) is 1. The standard InChI is InChI=1S/C14H26N2/c1-4-16-11-7-9-14(16)12-15-10-6-5-8-13(2)3/h7,9,11,13,15H,4-6,8,10,12H2,1-3H3. The SMILES string of the molecule is CCn1cccc1CNCCCCC(C)C. The summed E-state index contributed by atoms with van der Waals surface area (Å²) < 4.78 is 2.29. The lowest BCUT2D eigenvalue weighted by atomic mass is 10.1. The Balaban J connectivity index is 2.07. The summed E-state index contributed by atoms with van der Waals surface area (Å²) in [6, 6.07) is 4.32. The number of rotatable bonds is 8. The number of aryl methyl sites for hydroxylation is 1. The molecule has 0 aliphatic carbocycles. The van der Waals surface area contributed by atoms with Crippen LogP contribution in [0.3, 0.4) is 0 Å². The molecule has 0 aliphatic heterocycles. The van der Waals surface area contributed by atoms with Gasteiger partial charge in [0.2, 0.25) is 0 Å². The highest BCUT2D eigenvalue weighted by atomic mass is 15.0. The Kier molecular flexibility index (Phi) is 6.24. The Morgan fingerprint density at radius 2 is 2.12 bits per heavy atom. The van der Waals surface area contributed by atoms with Crippen molar-refractivity contribution in [2.45, 2.75) is 53.1 Å². The minimum absolute atomic E-state index is 0.845. The summed E-state index contributed by atoms with van der Waals surface area (Å²) in [5.41, 5.74) is 1.39. The molecule has 1 aromatic heterocycles. The van der Waals surface area contributed by atoms with E-state index in [4.69, 9.17) is 0 Å². The van der Waals surface area contributed by atoms with Crippen molar-refractivity contribution in [3.05, 3.63) is 24.0 Å². The van der Waals surface area contributed by atoms with Gasteiger partial charge in [-0.2, -0.15) is 0 Å². The normalized spacial score (nSPS) is 11.2. The van der Waals surface area contributed by atoms with E-state index in [2.05, 4.69) is 49.0 Å². The van der Waals surface area contributed by atoms with Gasteiger partial charge in [-0.05, 0) is 37.9 Å². The molecule has 0 bridgehead atoms. The highest BCUT2D eigenvalue weighted by molar-refractivity contribution is 5.06. The smallest absolute Gasteiger partial charge is 0.0359 e. The van der Waals surface area contributed by atoms with Crippen LogP contribution in [0.25, 0.3) is 0 Å². The Bertz CT molecular complexity index is 276. The summed E-state index contributed by atoms with van der Waals surface area (Å²) in [5.74, 6) is 0.845. The molecule has 1 heterocycles. The largest absolute Gasteiger partial charge is 0.351 e. The van der Waals surface area contributed by atoms with E-state index >= 15 is 0 Å². The Morgan fingerprint density at radius 1 is 1.31 bits per heavy atom. The summed E-state index contributed by atoms with van der Waals surface area (Å²) in [6.07, 6.45) is 6.15. The fraction of sp³-hybridized carbons (Fsp3) is 0.714. The molecule has 0 saturated carbocycles. The number of hydrogen-bond acceptors (Lipinski definition) is 1. The maximum absolute atomic E-state index is 3.52. The molecule has 0 spiro atoms. The van der Waals surface area contributed by atoms with Gasteiger partial charge in [0.15, 0.2) is 0 Å². The second-order valence-corrected chi connectivity index (χ2v) is 4.85. The van der Waals surface area contributed by atoms with Crippen LogP contribution in [0.4, 0.5) is 0 Å². The lowest BCUT2D eigenvalue weighted by molar-refractivity contribution is 0.516. The van der Waals surface area contributed by atoms with Gasteiger partial charge in [0.05, 0.1) is 0 Å². The van der Waals surface area contributed by atoms with Gasteiger partial charge in [-0.25, -0.2) is 0 Å². The van der Waals surface area contributed by atoms with Crippen molar-refractivity contribution in [2.24, 2.45) is 5.92 Å². The summed E-state index contributed by atoms with van der Waals surface area (Å²) in [6.45, 7) is 9.98. The van der Waals surface area contributed by atoms with Crippen molar-refractivity contribution in [3.63, 3.8) is 0 Å². The zero-order valence-electron chi connectivity index (χ0n) is 11.0. The lowest BCUT2D eigenvalue weighted by Gasteiger charge is -2.08. The lowest BCUT2D eigenvalue weighted by Crippen LogP contribution is -2.17. The van der Waals surface area contributed by atoms with Gasteiger partial charge in [0.1, 0.15) is 0 Å². The average molecular weight is 222 g/mol. The Morgan fingerprint density at radius 3 is 2.81 bits per heavy atom. The first-order chi connectivity index (χ1) is 7.74. The van der Waals surface area contributed by atoms with Crippen molar-refractivity contribution in [1.82, 2.24) is 9.88 Å². The van der Waals surface area contributed by atoms with Crippen molar-refractivity contribution in [1.29, 1.82) is 0 Å². The fourth-order valence-electron chi connectivity index (χ4n) is 1.94. The van der Waals surface area contributed by atoms with Crippen LogP contribution in [-0.2, 0) is 13.1 Å². The quantitative estimate of drug-likeness (QED) is 0.667. The number of nitrogens with zero attached hydrogens (tertiary/aromatic N) is 1. The number of hydrogen-bond donors (Lipinski definition) is 1. The van der Waals surface area contributed by atoms with Crippen LogP contribution in [0, 0.1) is 5.92 Å². The van der Waals surface area contributed by atoms with Gasteiger partial charge in [0, 0.05) is 25.0 Å². The third-order valence-corrected chi connectivity index (χ3v) is 2.96. The zero-order valence-corrected chi connectivity index (χ0v) is 11.0. The molecule has 16 heavy (non-hydrogen) atoms. The maximum atomic E-state index is 3.52. The van der Waals surface area contributed by atoms with Crippen molar-refractivity contribution >= 4 is 0 Å². The summed E-state index contributed by atoms with van der Waals surface area (Å²) in [5, 5.41) is 3.52. The predicted molar refractivity (Wildman–Crippen MR) is 70.5 cm³/mol. The van der Waals surface area contributed by atoms with Crippen molar-refractivity contribution < 1.29 is 0 Å². The van der Waals surface area contributed by atoms with E-state index in [1.54, 1.807) is 0 Å². The molecule has 0 saturated heterocycles. The molecule has 0 fully saturated rings. The fourth-order valence-corrected chi connectivity index (χ4v) is 1.94. The van der Waals surface area contributed by atoms with Gasteiger partial charge in [-0.3, -0.25) is 0 Å². The summed E-state index contributed by atoms with van der Waals surface area (Å²) in [7, 11) is 0. The molecule has 0 radical (unpaired) electrons. The van der Waals surface area contributed by atoms with E-state index in [9.17, 15) is 0 Å². The monoisotopic (exact) mass is 222 g/mol. The van der Waals surface area contributed by atoms with E-state index in [1.807, 2.05) is 0 Å². The van der Waals surface area contributed by atoms with E-state index in [-0.39, 0.29) is 0 Å². The van der Waals surface area contributed by atoms with Gasteiger partial charge >= 0.3 is 0 Å².